The summed E-state index contributed by atoms with van der Waals surface area (Å²) in [6.45, 7) is 2.08. The van der Waals surface area contributed by atoms with Gasteiger partial charge in [0, 0.05) is 0 Å². The summed E-state index contributed by atoms with van der Waals surface area (Å²) in [4.78, 5) is 0. The van der Waals surface area contributed by atoms with E-state index in [1.807, 2.05) is 0 Å². The zero-order valence-corrected chi connectivity index (χ0v) is 9.51. The number of alkyl halides is 3. The first-order valence-electron chi connectivity index (χ1n) is 5.50. The zero-order chi connectivity index (χ0) is 12.7. The fraction of sp³-hybridized carbons (Fsp3) is 0.500. The first kappa shape index (κ1) is 12.4. The van der Waals surface area contributed by atoms with Gasteiger partial charge in [-0.2, -0.15) is 13.2 Å². The molecule has 2 nitrogen and oxygen atoms in total. The first-order chi connectivity index (χ1) is 7.87. The fourth-order valence-electron chi connectivity index (χ4n) is 2.05. The lowest BCUT2D eigenvalue weighted by atomic mass is 9.92. The Hall–Kier alpha value is -1.07. The lowest BCUT2D eigenvalue weighted by molar-refractivity contribution is -0.137. The first-order valence-corrected chi connectivity index (χ1v) is 5.50. The second kappa shape index (κ2) is 3.99. The van der Waals surface area contributed by atoms with Crippen LogP contribution in [0.15, 0.2) is 24.3 Å². The molecule has 17 heavy (non-hydrogen) atoms. The van der Waals surface area contributed by atoms with Crippen molar-refractivity contribution < 1.29 is 13.2 Å². The maximum Gasteiger partial charge on any atom is 0.416 e. The Morgan fingerprint density at radius 2 is 1.76 bits per heavy atom. The van der Waals surface area contributed by atoms with Gasteiger partial charge in [-0.15, -0.1) is 0 Å². The number of rotatable bonds is 3. The Labute approximate surface area is 98.0 Å². The molecule has 0 aromatic heterocycles. The molecule has 1 saturated carbocycles. The summed E-state index contributed by atoms with van der Waals surface area (Å²) >= 11 is 0. The quantitative estimate of drug-likeness (QED) is 0.633. The minimum absolute atomic E-state index is 0.0779. The summed E-state index contributed by atoms with van der Waals surface area (Å²) in [5.41, 5.74) is 2.95. The largest absolute Gasteiger partial charge is 0.416 e. The van der Waals surface area contributed by atoms with Crippen LogP contribution in [0.3, 0.4) is 0 Å². The third-order valence-electron chi connectivity index (χ3n) is 3.47. The van der Waals surface area contributed by atoms with Gasteiger partial charge in [-0.25, -0.2) is 0 Å². The Balaban J connectivity index is 2.23. The fourth-order valence-corrected chi connectivity index (χ4v) is 2.05. The summed E-state index contributed by atoms with van der Waals surface area (Å²) in [5, 5.41) is 0. The highest BCUT2D eigenvalue weighted by atomic mass is 19.4. The summed E-state index contributed by atoms with van der Waals surface area (Å²) in [6.07, 6.45) is -2.20. The predicted molar refractivity (Wildman–Crippen MR) is 58.8 cm³/mol. The van der Waals surface area contributed by atoms with Gasteiger partial charge in [0.1, 0.15) is 0 Å². The van der Waals surface area contributed by atoms with Crippen LogP contribution in [0.5, 0.6) is 0 Å². The molecule has 0 heterocycles. The van der Waals surface area contributed by atoms with Crippen LogP contribution in [0.2, 0.25) is 0 Å². The zero-order valence-electron chi connectivity index (χ0n) is 9.51. The topological polar surface area (TPSA) is 38.0 Å². The third-order valence-corrected chi connectivity index (χ3v) is 3.47. The van der Waals surface area contributed by atoms with Gasteiger partial charge in [0.15, 0.2) is 0 Å². The van der Waals surface area contributed by atoms with Crippen molar-refractivity contribution in [2.75, 3.05) is 0 Å². The van der Waals surface area contributed by atoms with Gasteiger partial charge in [0.25, 0.3) is 0 Å². The van der Waals surface area contributed by atoms with Crippen LogP contribution in [0.4, 0.5) is 13.2 Å². The lowest BCUT2D eigenvalue weighted by Gasteiger charge is -2.23. The Morgan fingerprint density at radius 3 is 2.12 bits per heavy atom. The number of halogens is 3. The molecule has 1 atom stereocenters. The van der Waals surface area contributed by atoms with Gasteiger partial charge in [-0.3, -0.25) is 11.3 Å². The van der Waals surface area contributed by atoms with Crippen molar-refractivity contribution in [2.24, 2.45) is 11.3 Å². The molecule has 0 radical (unpaired) electrons. The molecule has 0 saturated heterocycles. The van der Waals surface area contributed by atoms with E-state index in [2.05, 4.69) is 12.3 Å². The van der Waals surface area contributed by atoms with Gasteiger partial charge in [-0.1, -0.05) is 19.1 Å². The number of nitrogens with two attached hydrogens (primary N) is 1. The molecule has 2 rings (SSSR count). The molecule has 1 aromatic carbocycles. The maximum atomic E-state index is 12.4. The molecule has 1 aliphatic rings. The van der Waals surface area contributed by atoms with Gasteiger partial charge in [0.2, 0.25) is 0 Å². The van der Waals surface area contributed by atoms with E-state index in [1.54, 1.807) is 0 Å². The molecule has 0 spiro atoms. The summed E-state index contributed by atoms with van der Waals surface area (Å²) < 4.78 is 37.2. The van der Waals surface area contributed by atoms with E-state index in [4.69, 9.17) is 5.84 Å². The average molecular weight is 244 g/mol. The van der Waals surface area contributed by atoms with Crippen molar-refractivity contribution in [3.63, 3.8) is 0 Å². The van der Waals surface area contributed by atoms with E-state index in [-0.39, 0.29) is 11.5 Å². The lowest BCUT2D eigenvalue weighted by Crippen LogP contribution is -2.33. The van der Waals surface area contributed by atoms with E-state index in [9.17, 15) is 13.2 Å². The second-order valence-electron chi connectivity index (χ2n) is 4.87. The molecule has 1 aromatic rings. The maximum absolute atomic E-state index is 12.4. The number of hydrazine groups is 1. The highest BCUT2D eigenvalue weighted by Gasteiger charge is 2.45. The van der Waals surface area contributed by atoms with Crippen LogP contribution >= 0.6 is 0 Å². The molecule has 1 aliphatic carbocycles. The Morgan fingerprint density at radius 1 is 1.24 bits per heavy atom. The smallest absolute Gasteiger partial charge is 0.271 e. The van der Waals surface area contributed by atoms with Gasteiger partial charge in [0.05, 0.1) is 11.6 Å². The molecule has 1 fully saturated rings. The van der Waals surface area contributed by atoms with Crippen molar-refractivity contribution in [1.29, 1.82) is 0 Å². The third kappa shape index (κ3) is 2.45. The second-order valence-corrected chi connectivity index (χ2v) is 4.87. The van der Waals surface area contributed by atoms with E-state index < -0.39 is 11.7 Å². The number of benzene rings is 1. The molecule has 1 unspecified atom stereocenters. The molecule has 94 valence electrons. The number of nitrogens with one attached hydrogen (secondary N) is 1. The van der Waals surface area contributed by atoms with Gasteiger partial charge < -0.3 is 0 Å². The molecule has 0 amide bonds. The van der Waals surface area contributed by atoms with Crippen LogP contribution in [0.1, 0.15) is 36.9 Å². The van der Waals surface area contributed by atoms with Crippen molar-refractivity contribution in [3.8, 4) is 0 Å². The highest BCUT2D eigenvalue weighted by Crippen LogP contribution is 2.54. The van der Waals surface area contributed by atoms with E-state index in [0.29, 0.717) is 0 Å². The number of hydrogen-bond donors (Lipinski definition) is 2. The minimum atomic E-state index is -4.28. The number of hydrogen-bond acceptors (Lipinski definition) is 2. The minimum Gasteiger partial charge on any atom is -0.271 e. The highest BCUT2D eigenvalue weighted by molar-refractivity contribution is 5.29. The molecule has 0 aliphatic heterocycles. The summed E-state index contributed by atoms with van der Waals surface area (Å²) in [6, 6.07) is 5.12. The van der Waals surface area contributed by atoms with E-state index >= 15 is 0 Å². The van der Waals surface area contributed by atoms with Crippen molar-refractivity contribution in [3.05, 3.63) is 35.4 Å². The monoisotopic (exact) mass is 244 g/mol. The molecule has 3 N–H and O–H groups in total. The van der Waals surface area contributed by atoms with Crippen molar-refractivity contribution in [1.82, 2.24) is 5.43 Å². The average Bonchev–Trinajstić information content (AvgIpc) is 2.97. The molecule has 5 heteroatoms. The van der Waals surface area contributed by atoms with Crippen molar-refractivity contribution in [2.45, 2.75) is 32.0 Å². The van der Waals surface area contributed by atoms with Crippen LogP contribution in [-0.4, -0.2) is 0 Å². The van der Waals surface area contributed by atoms with Crippen LogP contribution in [0.25, 0.3) is 0 Å². The normalized spacial score (nSPS) is 20.1. The molecular weight excluding hydrogens is 229 g/mol. The van der Waals surface area contributed by atoms with E-state index in [0.717, 1.165) is 30.5 Å². The standard InChI is InChI=1S/C12H15F3N2/c1-11(6-7-11)10(17-16)8-2-4-9(5-3-8)12(13,14)15/h2-5,10,17H,6-7,16H2,1H3. The molecular formula is C12H15F3N2. The van der Waals surface area contributed by atoms with Crippen molar-refractivity contribution >= 4 is 0 Å². The SMILES string of the molecule is CC1(C(NN)c2ccc(C(F)(F)F)cc2)CC1. The van der Waals surface area contributed by atoms with Gasteiger partial charge >= 0.3 is 6.18 Å². The molecule has 0 bridgehead atoms. The van der Waals surface area contributed by atoms with Crippen LogP contribution in [0, 0.1) is 5.41 Å². The summed E-state index contributed by atoms with van der Waals surface area (Å²) in [7, 11) is 0. The van der Waals surface area contributed by atoms with E-state index in [1.165, 1.54) is 12.1 Å². The van der Waals surface area contributed by atoms with Crippen LogP contribution in [-0.2, 0) is 6.18 Å². The summed E-state index contributed by atoms with van der Waals surface area (Å²) in [5.74, 6) is 5.48. The Kier molecular flexibility index (Phi) is 2.91. The predicted octanol–water partition coefficient (Wildman–Crippen LogP) is 3.01. The van der Waals surface area contributed by atoms with Crippen LogP contribution < -0.4 is 11.3 Å². The van der Waals surface area contributed by atoms with Gasteiger partial charge in [-0.05, 0) is 36.0 Å². The Bertz CT molecular complexity index is 393.